The summed E-state index contributed by atoms with van der Waals surface area (Å²) in [7, 11) is -2.40. The van der Waals surface area contributed by atoms with Gasteiger partial charge in [0.05, 0.1) is 0 Å². The Balaban J connectivity index is 2.38. The first-order valence-electron chi connectivity index (χ1n) is 7.78. The molecule has 0 saturated carbocycles. The normalized spacial score (nSPS) is 12.8. The van der Waals surface area contributed by atoms with E-state index in [0.29, 0.717) is 5.76 Å². The van der Waals surface area contributed by atoms with Gasteiger partial charge in [0.25, 0.3) is 0 Å². The number of allylic oxidation sites excluding steroid dienone is 1. The van der Waals surface area contributed by atoms with Crippen molar-refractivity contribution < 1.29 is 5.11 Å². The van der Waals surface area contributed by atoms with Crippen LogP contribution in [0.25, 0.3) is 0 Å². The van der Waals surface area contributed by atoms with Crippen LogP contribution in [-0.2, 0) is 0 Å². The van der Waals surface area contributed by atoms with E-state index in [0.717, 1.165) is 0 Å². The Labute approximate surface area is 138 Å². The van der Waals surface area contributed by atoms with Gasteiger partial charge in [-0.05, 0) is 0 Å². The molecule has 0 fully saturated rings. The average molecular weight is 320 g/mol. The van der Waals surface area contributed by atoms with Gasteiger partial charge in [-0.3, -0.25) is 0 Å². The molecule has 0 spiro atoms. The molecule has 1 N–H and O–H groups in total. The zero-order valence-corrected chi connectivity index (χ0v) is 14.2. The molecule has 0 saturated heterocycles. The number of aliphatic hydroxyl groups is 1. The van der Waals surface area contributed by atoms with E-state index in [9.17, 15) is 5.11 Å². The third-order valence-electron chi connectivity index (χ3n) is 4.11. The molecule has 0 radical (unpaired) electrons. The van der Waals surface area contributed by atoms with Gasteiger partial charge in [0.1, 0.15) is 0 Å². The second kappa shape index (κ2) is 6.81. The molecule has 116 valence electrons. The number of aliphatic hydroxyl groups excluding tert-OH is 1. The van der Waals surface area contributed by atoms with Crippen LogP contribution >= 0.6 is 7.26 Å². The van der Waals surface area contributed by atoms with Crippen LogP contribution in [0, 0.1) is 0 Å². The Morgan fingerprint density at radius 1 is 0.652 bits per heavy atom. The summed E-state index contributed by atoms with van der Waals surface area (Å²) in [6, 6.07) is 31.6. The molecule has 3 rings (SSSR count). The van der Waals surface area contributed by atoms with Crippen LogP contribution in [0.5, 0.6) is 0 Å². The van der Waals surface area contributed by atoms with Crippen LogP contribution in [0.3, 0.4) is 0 Å². The van der Waals surface area contributed by atoms with E-state index in [1.807, 2.05) is 18.2 Å². The van der Waals surface area contributed by atoms with Crippen LogP contribution in [0.2, 0.25) is 0 Å². The predicted molar refractivity (Wildman–Crippen MR) is 103 cm³/mol. The zero-order chi connectivity index (χ0) is 16.1. The van der Waals surface area contributed by atoms with Crippen molar-refractivity contribution in [3.05, 3.63) is 103 Å². The topological polar surface area (TPSA) is 20.2 Å². The molecule has 0 atom stereocenters. The molecule has 23 heavy (non-hydrogen) atoms. The van der Waals surface area contributed by atoms with Gasteiger partial charge in [0, 0.05) is 0 Å². The van der Waals surface area contributed by atoms with Crippen molar-refractivity contribution in [2.75, 3.05) is 0 Å². The first-order chi connectivity index (χ1) is 11.2. The molecule has 3 aromatic rings. The summed E-state index contributed by atoms with van der Waals surface area (Å²) >= 11 is 0. The van der Waals surface area contributed by atoms with Gasteiger partial charge < -0.3 is 0 Å². The van der Waals surface area contributed by atoms with Gasteiger partial charge in [-0.1, -0.05) is 0 Å². The van der Waals surface area contributed by atoms with Crippen molar-refractivity contribution in [2.45, 2.75) is 6.92 Å². The predicted octanol–water partition coefficient (Wildman–Crippen LogP) is 4.13. The van der Waals surface area contributed by atoms with Crippen LogP contribution in [0.1, 0.15) is 6.92 Å². The van der Waals surface area contributed by atoms with Gasteiger partial charge in [-0.2, -0.15) is 0 Å². The maximum absolute atomic E-state index is 10.2. The van der Waals surface area contributed by atoms with Gasteiger partial charge in [-0.15, -0.1) is 0 Å². The van der Waals surface area contributed by atoms with Crippen molar-refractivity contribution in [3.63, 3.8) is 0 Å². The quantitative estimate of drug-likeness (QED) is 0.566. The van der Waals surface area contributed by atoms with E-state index in [2.05, 4.69) is 78.6 Å². The number of rotatable bonds is 4. The molecule has 0 aliphatic carbocycles. The summed E-state index contributed by atoms with van der Waals surface area (Å²) in [4.78, 5) is 0. The molecule has 0 heterocycles. The number of benzene rings is 3. The fourth-order valence-electron chi connectivity index (χ4n) is 3.17. The van der Waals surface area contributed by atoms with Crippen LogP contribution in [-0.4, -0.2) is 5.11 Å². The molecular weight excluding hydrogens is 299 g/mol. The Morgan fingerprint density at radius 2 is 0.957 bits per heavy atom. The minimum absolute atomic E-state index is 0.369. The van der Waals surface area contributed by atoms with Crippen LogP contribution < -0.4 is 15.9 Å². The second-order valence-corrected chi connectivity index (χ2v) is 9.33. The summed E-state index contributed by atoms with van der Waals surface area (Å²) in [6.07, 6.45) is 0. The van der Waals surface area contributed by atoms with Gasteiger partial charge in [0.2, 0.25) is 0 Å². The van der Waals surface area contributed by atoms with Crippen LogP contribution in [0.4, 0.5) is 0 Å². The third-order valence-corrected chi connectivity index (χ3v) is 8.70. The van der Waals surface area contributed by atoms with E-state index in [1.165, 1.54) is 15.9 Å². The SMILES string of the molecule is CC(O)=C[PH](c1ccccc1)(c1ccccc1)c1ccccc1. The first-order valence-corrected chi connectivity index (χ1v) is 9.86. The van der Waals surface area contributed by atoms with E-state index < -0.39 is 7.26 Å². The van der Waals surface area contributed by atoms with Gasteiger partial charge >= 0.3 is 138 Å². The summed E-state index contributed by atoms with van der Waals surface area (Å²) in [5.74, 6) is 2.45. The van der Waals surface area contributed by atoms with Crippen molar-refractivity contribution >= 4 is 23.2 Å². The van der Waals surface area contributed by atoms with Crippen LogP contribution in [0.15, 0.2) is 103 Å². The van der Waals surface area contributed by atoms with E-state index in [-0.39, 0.29) is 0 Å². The van der Waals surface area contributed by atoms with Gasteiger partial charge in [0.15, 0.2) is 0 Å². The Morgan fingerprint density at radius 3 is 1.22 bits per heavy atom. The Kier molecular flexibility index (Phi) is 4.60. The van der Waals surface area contributed by atoms with E-state index >= 15 is 0 Å². The van der Waals surface area contributed by atoms with Gasteiger partial charge in [-0.25, -0.2) is 0 Å². The Hall–Kier alpha value is -2.37. The second-order valence-electron chi connectivity index (χ2n) is 5.69. The van der Waals surface area contributed by atoms with Crippen molar-refractivity contribution in [1.82, 2.24) is 0 Å². The maximum atomic E-state index is 10.2. The van der Waals surface area contributed by atoms with Crippen molar-refractivity contribution in [1.29, 1.82) is 0 Å². The summed E-state index contributed by atoms with van der Waals surface area (Å²) < 4.78 is 0. The molecular formula is C21H21OP. The van der Waals surface area contributed by atoms with Crippen molar-refractivity contribution in [2.24, 2.45) is 0 Å². The molecule has 3 aromatic carbocycles. The molecule has 0 aromatic heterocycles. The molecule has 1 nitrogen and oxygen atoms in total. The number of hydrogen-bond donors (Lipinski definition) is 1. The average Bonchev–Trinajstić information content (AvgIpc) is 2.62. The molecule has 0 bridgehead atoms. The minimum atomic E-state index is -2.40. The Bertz CT molecular complexity index is 679. The summed E-state index contributed by atoms with van der Waals surface area (Å²) in [5.41, 5.74) is 0. The molecule has 2 heteroatoms. The standard InChI is InChI=1S/C21H21OP/c1-18(22)17-23(19-11-5-2-6-12-19,20-13-7-3-8-14-20)21-15-9-4-10-16-21/h2-17,22-23H,1H3. The molecule has 0 amide bonds. The summed E-state index contributed by atoms with van der Waals surface area (Å²) in [5, 5.41) is 14.0. The first kappa shape index (κ1) is 15.5. The van der Waals surface area contributed by atoms with E-state index in [4.69, 9.17) is 0 Å². The van der Waals surface area contributed by atoms with Crippen molar-refractivity contribution in [3.8, 4) is 0 Å². The number of hydrogen-bond acceptors (Lipinski definition) is 1. The zero-order valence-electron chi connectivity index (χ0n) is 13.2. The molecule has 0 unspecified atom stereocenters. The van der Waals surface area contributed by atoms with E-state index in [1.54, 1.807) is 6.92 Å². The summed E-state index contributed by atoms with van der Waals surface area (Å²) in [6.45, 7) is 1.76. The fourth-order valence-corrected chi connectivity index (χ4v) is 7.45. The molecule has 0 aliphatic heterocycles. The fraction of sp³-hybridized carbons (Fsp3) is 0.0476. The molecule has 0 aliphatic rings. The monoisotopic (exact) mass is 320 g/mol. The third kappa shape index (κ3) is 3.06.